The molecule has 0 aliphatic carbocycles. The Bertz CT molecular complexity index is 1430. The van der Waals surface area contributed by atoms with E-state index in [9.17, 15) is 14.4 Å². The molecule has 4 N–H and O–H groups in total. The molecule has 188 valence electrons. The van der Waals surface area contributed by atoms with Gasteiger partial charge >= 0.3 is 6.09 Å². The summed E-state index contributed by atoms with van der Waals surface area (Å²) in [6.07, 6.45) is 1.76. The van der Waals surface area contributed by atoms with Crippen LogP contribution >= 0.6 is 0 Å². The third-order valence-electron chi connectivity index (χ3n) is 6.75. The first-order valence-corrected chi connectivity index (χ1v) is 12.2. The van der Waals surface area contributed by atoms with Crippen LogP contribution in [0.4, 0.5) is 4.79 Å². The third kappa shape index (κ3) is 5.33. The number of rotatable bonds is 7. The van der Waals surface area contributed by atoms with Crippen LogP contribution in [0.1, 0.15) is 22.3 Å². The molecular formula is C29H28N4O4. The van der Waals surface area contributed by atoms with E-state index in [1.165, 1.54) is 4.90 Å². The van der Waals surface area contributed by atoms with Crippen LogP contribution in [0, 0.1) is 0 Å². The lowest BCUT2D eigenvalue weighted by atomic mass is 9.93. The van der Waals surface area contributed by atoms with Crippen molar-refractivity contribution in [2.24, 2.45) is 5.73 Å². The lowest BCUT2D eigenvalue weighted by Gasteiger charge is -2.35. The normalized spacial score (nSPS) is 15.6. The number of fused-ring (bicyclic) bond motifs is 2. The van der Waals surface area contributed by atoms with Crippen LogP contribution in [0.3, 0.4) is 0 Å². The highest BCUT2D eigenvalue weighted by atomic mass is 16.6. The molecule has 1 aliphatic rings. The Morgan fingerprint density at radius 3 is 2.46 bits per heavy atom. The van der Waals surface area contributed by atoms with Crippen LogP contribution < -0.4 is 11.1 Å². The molecule has 0 bridgehead atoms. The van der Waals surface area contributed by atoms with E-state index in [1.54, 1.807) is 0 Å². The molecule has 4 aromatic rings. The fourth-order valence-corrected chi connectivity index (χ4v) is 4.76. The van der Waals surface area contributed by atoms with Crippen molar-refractivity contribution in [3.05, 3.63) is 107 Å². The van der Waals surface area contributed by atoms with E-state index in [1.807, 2.05) is 85.1 Å². The molecule has 0 spiro atoms. The van der Waals surface area contributed by atoms with Crippen molar-refractivity contribution in [2.45, 2.75) is 38.1 Å². The minimum atomic E-state index is -0.939. The molecule has 0 unspecified atom stereocenters. The van der Waals surface area contributed by atoms with Crippen molar-refractivity contribution in [3.63, 3.8) is 0 Å². The zero-order valence-corrected chi connectivity index (χ0v) is 20.2. The fraction of sp³-hybridized carbons (Fsp3) is 0.207. The fourth-order valence-electron chi connectivity index (χ4n) is 4.76. The maximum Gasteiger partial charge on any atom is 0.411 e. The van der Waals surface area contributed by atoms with Crippen LogP contribution in [-0.4, -0.2) is 39.9 Å². The van der Waals surface area contributed by atoms with E-state index in [2.05, 4.69) is 10.3 Å². The largest absolute Gasteiger partial charge is 0.445 e. The summed E-state index contributed by atoms with van der Waals surface area (Å²) in [4.78, 5) is 43.6. The van der Waals surface area contributed by atoms with Crippen molar-refractivity contribution >= 4 is 28.8 Å². The van der Waals surface area contributed by atoms with Gasteiger partial charge in [0.25, 0.3) is 0 Å². The van der Waals surface area contributed by atoms with Gasteiger partial charge in [0, 0.05) is 29.9 Å². The van der Waals surface area contributed by atoms with E-state index in [0.29, 0.717) is 6.42 Å². The highest BCUT2D eigenvalue weighted by molar-refractivity contribution is 5.92. The summed E-state index contributed by atoms with van der Waals surface area (Å²) in [5, 5.41) is 3.76. The predicted octanol–water partition coefficient (Wildman–Crippen LogP) is 3.44. The number of benzene rings is 3. The van der Waals surface area contributed by atoms with E-state index in [4.69, 9.17) is 10.5 Å². The standard InChI is InChI=1S/C29H28N4O4/c30-27(34)25(14-22-16-31-24-13-7-6-12-23(22)24)32-28(35)26-15-20-10-4-5-11-21(20)17-33(26)29(36)37-18-19-8-2-1-3-9-19/h1-13,16,25-26,31H,14-15,17-18H2,(H2,30,34)(H,32,35)/t25-,26+/m1/s1. The monoisotopic (exact) mass is 496 g/mol. The number of para-hydroxylation sites is 1. The van der Waals surface area contributed by atoms with Gasteiger partial charge in [0.2, 0.25) is 11.8 Å². The Kier molecular flexibility index (Phi) is 6.89. The number of hydrogen-bond donors (Lipinski definition) is 3. The van der Waals surface area contributed by atoms with E-state index in [0.717, 1.165) is 33.2 Å². The summed E-state index contributed by atoms with van der Waals surface area (Å²) in [6, 6.07) is 23.0. The summed E-state index contributed by atoms with van der Waals surface area (Å²) < 4.78 is 5.56. The van der Waals surface area contributed by atoms with Gasteiger partial charge in [0.1, 0.15) is 18.7 Å². The molecule has 3 aromatic carbocycles. The van der Waals surface area contributed by atoms with Crippen molar-refractivity contribution in [1.82, 2.24) is 15.2 Å². The first kappa shape index (κ1) is 24.1. The predicted molar refractivity (Wildman–Crippen MR) is 139 cm³/mol. The van der Waals surface area contributed by atoms with E-state index < -0.39 is 30.0 Å². The number of ether oxygens (including phenoxy) is 1. The number of nitrogens with zero attached hydrogens (tertiary/aromatic N) is 1. The maximum absolute atomic E-state index is 13.5. The van der Waals surface area contributed by atoms with Crippen LogP contribution in [-0.2, 0) is 40.3 Å². The molecule has 2 atom stereocenters. The number of aromatic amines is 1. The summed E-state index contributed by atoms with van der Waals surface area (Å²) in [5.74, 6) is -1.09. The van der Waals surface area contributed by atoms with Crippen LogP contribution in [0.15, 0.2) is 85.1 Å². The zero-order chi connectivity index (χ0) is 25.8. The van der Waals surface area contributed by atoms with Crippen molar-refractivity contribution in [3.8, 4) is 0 Å². The van der Waals surface area contributed by atoms with Gasteiger partial charge in [-0.25, -0.2) is 4.79 Å². The maximum atomic E-state index is 13.5. The van der Waals surface area contributed by atoms with Crippen LogP contribution in [0.25, 0.3) is 10.9 Å². The van der Waals surface area contributed by atoms with Gasteiger partial charge < -0.3 is 20.8 Å². The Morgan fingerprint density at radius 1 is 0.973 bits per heavy atom. The molecule has 8 nitrogen and oxygen atoms in total. The van der Waals surface area contributed by atoms with Gasteiger partial charge in [-0.15, -0.1) is 0 Å². The number of amides is 3. The molecule has 3 amide bonds. The Hall–Kier alpha value is -4.59. The van der Waals surface area contributed by atoms with Crippen LogP contribution in [0.2, 0.25) is 0 Å². The van der Waals surface area contributed by atoms with Crippen molar-refractivity contribution in [1.29, 1.82) is 0 Å². The number of hydrogen-bond acceptors (Lipinski definition) is 4. The molecular weight excluding hydrogens is 468 g/mol. The number of nitrogens with one attached hydrogen (secondary N) is 2. The third-order valence-corrected chi connectivity index (χ3v) is 6.75. The van der Waals surface area contributed by atoms with Crippen molar-refractivity contribution in [2.75, 3.05) is 0 Å². The highest BCUT2D eigenvalue weighted by Gasteiger charge is 2.37. The molecule has 0 radical (unpaired) electrons. The highest BCUT2D eigenvalue weighted by Crippen LogP contribution is 2.25. The first-order valence-electron chi connectivity index (χ1n) is 12.2. The topological polar surface area (TPSA) is 118 Å². The summed E-state index contributed by atoms with van der Waals surface area (Å²) in [7, 11) is 0. The number of H-pyrrole nitrogens is 1. The van der Waals surface area contributed by atoms with Gasteiger partial charge in [0.05, 0.1) is 6.54 Å². The number of carbonyl (C=O) groups excluding carboxylic acids is 3. The average molecular weight is 497 g/mol. The zero-order valence-electron chi connectivity index (χ0n) is 20.2. The first-order chi connectivity index (χ1) is 18.0. The number of aromatic nitrogens is 1. The summed E-state index contributed by atoms with van der Waals surface area (Å²) in [5.41, 5.74) is 10.3. The van der Waals surface area contributed by atoms with Gasteiger partial charge in [0.15, 0.2) is 0 Å². The second-order valence-electron chi connectivity index (χ2n) is 9.18. The minimum absolute atomic E-state index is 0.0939. The molecule has 1 aliphatic heterocycles. The molecule has 37 heavy (non-hydrogen) atoms. The second-order valence-corrected chi connectivity index (χ2v) is 9.18. The van der Waals surface area contributed by atoms with E-state index in [-0.39, 0.29) is 19.6 Å². The SMILES string of the molecule is NC(=O)[C@@H](Cc1c[nH]c2ccccc12)NC(=O)[C@@H]1Cc2ccccc2CN1C(=O)OCc1ccccc1. The molecule has 1 aromatic heterocycles. The molecule has 0 saturated carbocycles. The molecule has 0 saturated heterocycles. The Balaban J connectivity index is 1.35. The molecule has 8 heteroatoms. The lowest BCUT2D eigenvalue weighted by molar-refractivity contribution is -0.131. The number of carbonyl (C=O) groups is 3. The van der Waals surface area contributed by atoms with Gasteiger partial charge in [-0.3, -0.25) is 14.5 Å². The minimum Gasteiger partial charge on any atom is -0.445 e. The summed E-state index contributed by atoms with van der Waals surface area (Å²) in [6.45, 7) is 0.322. The van der Waals surface area contributed by atoms with Crippen molar-refractivity contribution < 1.29 is 19.1 Å². The molecule has 0 fully saturated rings. The lowest BCUT2D eigenvalue weighted by Crippen LogP contribution is -2.56. The second kappa shape index (κ2) is 10.6. The summed E-state index contributed by atoms with van der Waals surface area (Å²) >= 11 is 0. The Morgan fingerprint density at radius 2 is 1.68 bits per heavy atom. The van der Waals surface area contributed by atoms with Gasteiger partial charge in [-0.05, 0) is 28.3 Å². The quantitative estimate of drug-likeness (QED) is 0.363. The number of nitrogens with two attached hydrogens (primary N) is 1. The average Bonchev–Trinajstić information content (AvgIpc) is 3.33. The van der Waals surface area contributed by atoms with Gasteiger partial charge in [-0.2, -0.15) is 0 Å². The number of primary amides is 1. The van der Waals surface area contributed by atoms with E-state index >= 15 is 0 Å². The smallest absolute Gasteiger partial charge is 0.411 e. The van der Waals surface area contributed by atoms with Gasteiger partial charge in [-0.1, -0.05) is 72.8 Å². The molecule has 5 rings (SSSR count). The van der Waals surface area contributed by atoms with Crippen LogP contribution in [0.5, 0.6) is 0 Å². The molecule has 2 heterocycles. The Labute approximate surface area is 214 Å².